The van der Waals surface area contributed by atoms with Crippen molar-refractivity contribution in [2.24, 2.45) is 0 Å². The molecule has 0 N–H and O–H groups in total. The third-order valence-corrected chi connectivity index (χ3v) is 6.55. The van der Waals surface area contributed by atoms with Crippen molar-refractivity contribution in [3.05, 3.63) is 89.6 Å². The number of ketones is 1. The van der Waals surface area contributed by atoms with Crippen LogP contribution in [0.5, 0.6) is 0 Å². The normalized spacial score (nSPS) is 16.4. The number of hydrogen-bond acceptors (Lipinski definition) is 8. The van der Waals surface area contributed by atoms with Gasteiger partial charge in [0.2, 0.25) is 12.2 Å². The van der Waals surface area contributed by atoms with E-state index in [1.807, 2.05) is 60.7 Å². The van der Waals surface area contributed by atoms with E-state index in [0.29, 0.717) is 24.6 Å². The van der Waals surface area contributed by atoms with Crippen LogP contribution in [-0.4, -0.2) is 52.3 Å². The summed E-state index contributed by atoms with van der Waals surface area (Å²) in [5, 5.41) is 0. The van der Waals surface area contributed by atoms with Crippen LogP contribution >= 0.6 is 0 Å². The molecule has 0 radical (unpaired) electrons. The van der Waals surface area contributed by atoms with Crippen molar-refractivity contribution in [3.63, 3.8) is 0 Å². The van der Waals surface area contributed by atoms with Crippen molar-refractivity contribution < 1.29 is 33.1 Å². The monoisotopic (exact) mass is 532 g/mol. The van der Waals surface area contributed by atoms with Gasteiger partial charge in [-0.2, -0.15) is 0 Å². The average molecular weight is 533 g/mol. The number of Topliss-reactive ketones (excluding diaryl/α,β-unsaturated/α-hetero) is 1. The Labute approximate surface area is 227 Å². The number of carbonyl (C=O) groups excluding carboxylic acids is 4. The van der Waals surface area contributed by atoms with E-state index in [2.05, 4.69) is 4.98 Å². The third kappa shape index (κ3) is 7.40. The maximum Gasteiger partial charge on any atom is 0.303 e. The Morgan fingerprint density at radius 3 is 2.26 bits per heavy atom. The summed E-state index contributed by atoms with van der Waals surface area (Å²) in [5.74, 6) is -2.32. The van der Waals surface area contributed by atoms with E-state index in [0.717, 1.165) is 37.8 Å². The molecule has 1 amide bonds. The van der Waals surface area contributed by atoms with E-state index in [1.54, 1.807) is 11.2 Å². The third-order valence-electron chi connectivity index (χ3n) is 6.55. The lowest BCUT2D eigenvalue weighted by molar-refractivity contribution is -0.177. The molecule has 2 heterocycles. The molecule has 0 spiro atoms. The summed E-state index contributed by atoms with van der Waals surface area (Å²) in [6.07, 6.45) is 0.411. The molecule has 39 heavy (non-hydrogen) atoms. The van der Waals surface area contributed by atoms with Crippen molar-refractivity contribution in [1.82, 2.24) is 9.88 Å². The Bertz CT molecular complexity index is 1290. The van der Waals surface area contributed by atoms with Gasteiger partial charge in [0.05, 0.1) is 11.7 Å². The number of hydrogen-bond donors (Lipinski definition) is 0. The zero-order valence-corrected chi connectivity index (χ0v) is 22.1. The van der Waals surface area contributed by atoms with E-state index in [4.69, 9.17) is 13.9 Å². The number of rotatable bonds is 11. The van der Waals surface area contributed by atoms with Gasteiger partial charge in [0.25, 0.3) is 5.91 Å². The Morgan fingerprint density at radius 1 is 0.949 bits per heavy atom. The molecule has 9 heteroatoms. The predicted molar refractivity (Wildman–Crippen MR) is 140 cm³/mol. The first-order valence-corrected chi connectivity index (χ1v) is 13.0. The molecule has 0 aliphatic carbocycles. The minimum Gasteiger partial charge on any atom is -0.450 e. The van der Waals surface area contributed by atoms with Crippen LogP contribution in [0.15, 0.2) is 71.3 Å². The van der Waals surface area contributed by atoms with Gasteiger partial charge in [-0.3, -0.25) is 19.2 Å². The molecule has 4 rings (SSSR count). The quantitative estimate of drug-likeness (QED) is 0.341. The second-order valence-corrected chi connectivity index (χ2v) is 9.52. The molecule has 3 aromatic rings. The molecular formula is C30H32N2O7. The van der Waals surface area contributed by atoms with Crippen LogP contribution in [-0.2, 0) is 41.5 Å². The van der Waals surface area contributed by atoms with Gasteiger partial charge in [0.15, 0.2) is 11.7 Å². The summed E-state index contributed by atoms with van der Waals surface area (Å²) in [6, 6.07) is 19.1. The first kappa shape index (κ1) is 27.8. The highest BCUT2D eigenvalue weighted by Crippen LogP contribution is 2.33. The fraction of sp³-hybridized carbons (Fsp3) is 0.367. The minimum atomic E-state index is -1.60. The van der Waals surface area contributed by atoms with Crippen molar-refractivity contribution in [2.45, 2.75) is 64.2 Å². The fourth-order valence-corrected chi connectivity index (χ4v) is 4.83. The number of oxazole rings is 1. The number of likely N-dealkylation sites (tertiary alicyclic amines) is 1. The second kappa shape index (κ2) is 13.0. The maximum atomic E-state index is 13.7. The van der Waals surface area contributed by atoms with Crippen LogP contribution in [0.3, 0.4) is 0 Å². The highest BCUT2D eigenvalue weighted by Gasteiger charge is 2.44. The maximum absolute atomic E-state index is 13.7. The summed E-state index contributed by atoms with van der Waals surface area (Å²) in [5.41, 5.74) is 2.73. The van der Waals surface area contributed by atoms with Gasteiger partial charge in [-0.1, -0.05) is 60.7 Å². The Morgan fingerprint density at radius 2 is 1.59 bits per heavy atom. The van der Waals surface area contributed by atoms with Crippen molar-refractivity contribution >= 4 is 23.6 Å². The van der Waals surface area contributed by atoms with Crippen molar-refractivity contribution in [2.75, 3.05) is 6.54 Å². The molecule has 1 unspecified atom stereocenters. The van der Waals surface area contributed by atoms with Gasteiger partial charge in [0.1, 0.15) is 6.26 Å². The lowest BCUT2D eigenvalue weighted by atomic mass is 10.0. The van der Waals surface area contributed by atoms with Crippen LogP contribution in [0.1, 0.15) is 61.9 Å². The molecule has 1 aliphatic rings. The molecule has 2 aromatic carbocycles. The average Bonchev–Trinajstić information content (AvgIpc) is 3.59. The summed E-state index contributed by atoms with van der Waals surface area (Å²) >= 11 is 0. The number of benzene rings is 2. The van der Waals surface area contributed by atoms with Gasteiger partial charge in [-0.15, -0.1) is 0 Å². The largest absolute Gasteiger partial charge is 0.450 e. The number of ether oxygens (including phenoxy) is 2. The molecule has 1 fully saturated rings. The van der Waals surface area contributed by atoms with E-state index < -0.39 is 35.8 Å². The smallest absolute Gasteiger partial charge is 0.303 e. The van der Waals surface area contributed by atoms with Crippen LogP contribution in [0.2, 0.25) is 0 Å². The highest BCUT2D eigenvalue weighted by molar-refractivity contribution is 5.94. The molecule has 0 bridgehead atoms. The molecule has 9 nitrogen and oxygen atoms in total. The van der Waals surface area contributed by atoms with Crippen LogP contribution in [0, 0.1) is 0 Å². The van der Waals surface area contributed by atoms with E-state index >= 15 is 0 Å². The van der Waals surface area contributed by atoms with Crippen LogP contribution in [0.25, 0.3) is 0 Å². The first-order valence-electron chi connectivity index (χ1n) is 13.0. The SMILES string of the molecule is CC(=O)O[C@@H](C(=O)CCc1nc(Cc2ccccc2)co1)[C@@H](OC(C)=O)C(=O)N1CCCC1c1ccccc1. The molecular weight excluding hydrogens is 500 g/mol. The fourth-order valence-electron chi connectivity index (χ4n) is 4.83. The van der Waals surface area contributed by atoms with E-state index in [1.165, 1.54) is 0 Å². The molecule has 1 aromatic heterocycles. The summed E-state index contributed by atoms with van der Waals surface area (Å²) in [7, 11) is 0. The topological polar surface area (TPSA) is 116 Å². The number of carbonyl (C=O) groups is 4. The summed E-state index contributed by atoms with van der Waals surface area (Å²) < 4.78 is 16.2. The minimum absolute atomic E-state index is 0.128. The van der Waals surface area contributed by atoms with Crippen molar-refractivity contribution in [3.8, 4) is 0 Å². The van der Waals surface area contributed by atoms with Gasteiger partial charge in [-0.25, -0.2) is 4.98 Å². The lowest BCUT2D eigenvalue weighted by Gasteiger charge is -2.31. The number of esters is 2. The Kier molecular flexibility index (Phi) is 9.25. The standard InChI is InChI=1S/C30H32N2O7/c1-20(33)38-28(26(35)15-16-27-31-24(19-37-27)18-22-10-5-3-6-11-22)29(39-21(2)34)30(36)32-17-9-14-25(32)23-12-7-4-8-13-23/h3-8,10-13,19,25,28-29H,9,14-18H2,1-2H3/t25?,28-,29+/m0/s1. The van der Waals surface area contributed by atoms with Crippen molar-refractivity contribution in [1.29, 1.82) is 0 Å². The molecule has 1 aliphatic heterocycles. The van der Waals surface area contributed by atoms with Gasteiger partial charge in [-0.05, 0) is 24.0 Å². The molecule has 204 valence electrons. The number of amides is 1. The zero-order valence-electron chi connectivity index (χ0n) is 22.1. The van der Waals surface area contributed by atoms with Gasteiger partial charge < -0.3 is 18.8 Å². The predicted octanol–water partition coefficient (Wildman–Crippen LogP) is 3.99. The number of aryl methyl sites for hydroxylation is 1. The van der Waals surface area contributed by atoms with E-state index in [-0.39, 0.29) is 18.9 Å². The van der Waals surface area contributed by atoms with Gasteiger partial charge >= 0.3 is 11.9 Å². The van der Waals surface area contributed by atoms with Crippen LogP contribution < -0.4 is 0 Å². The van der Waals surface area contributed by atoms with Crippen LogP contribution in [0.4, 0.5) is 0 Å². The van der Waals surface area contributed by atoms with E-state index in [9.17, 15) is 19.2 Å². The Hall–Kier alpha value is -4.27. The summed E-state index contributed by atoms with van der Waals surface area (Å²) in [6.45, 7) is 2.72. The first-order chi connectivity index (χ1) is 18.8. The summed E-state index contributed by atoms with van der Waals surface area (Å²) in [4.78, 5) is 57.1. The van der Waals surface area contributed by atoms with Gasteiger partial charge in [0, 0.05) is 39.7 Å². The number of aromatic nitrogens is 1. The molecule has 1 saturated heterocycles. The molecule has 0 saturated carbocycles. The lowest BCUT2D eigenvalue weighted by Crippen LogP contribution is -2.51. The number of nitrogens with zero attached hydrogens (tertiary/aromatic N) is 2. The molecule has 3 atom stereocenters. The Balaban J connectivity index is 1.49. The second-order valence-electron chi connectivity index (χ2n) is 9.52. The highest BCUT2D eigenvalue weighted by atomic mass is 16.6. The zero-order chi connectivity index (χ0) is 27.8.